The zero-order valence-electron chi connectivity index (χ0n) is 12.8. The molecule has 1 fully saturated rings. The van der Waals surface area contributed by atoms with Crippen molar-refractivity contribution in [1.29, 1.82) is 0 Å². The van der Waals surface area contributed by atoms with Gasteiger partial charge < -0.3 is 19.8 Å². The van der Waals surface area contributed by atoms with Crippen LogP contribution < -0.4 is 10.6 Å². The third-order valence-electron chi connectivity index (χ3n) is 4.13. The van der Waals surface area contributed by atoms with Gasteiger partial charge >= 0.3 is 12.0 Å². The Morgan fingerprint density at radius 2 is 2.04 bits per heavy atom. The van der Waals surface area contributed by atoms with E-state index in [0.717, 1.165) is 25.7 Å². The van der Waals surface area contributed by atoms with E-state index in [0.29, 0.717) is 5.70 Å². The number of Topliss-reactive ketones (excluding diaryl/α,β-unsaturated/α-hetero) is 1. The zero-order chi connectivity index (χ0) is 16.4. The van der Waals surface area contributed by atoms with E-state index in [4.69, 9.17) is 9.15 Å². The third-order valence-corrected chi connectivity index (χ3v) is 4.13. The number of amides is 2. The van der Waals surface area contributed by atoms with E-state index < -0.39 is 23.8 Å². The fraction of sp³-hybridized carbons (Fsp3) is 0.438. The van der Waals surface area contributed by atoms with Crippen molar-refractivity contribution in [2.45, 2.75) is 44.8 Å². The summed E-state index contributed by atoms with van der Waals surface area (Å²) in [7, 11) is 0. The van der Waals surface area contributed by atoms with Gasteiger partial charge in [0.25, 0.3) is 0 Å². The van der Waals surface area contributed by atoms with Crippen molar-refractivity contribution in [3.8, 4) is 0 Å². The van der Waals surface area contributed by atoms with E-state index in [9.17, 15) is 14.4 Å². The quantitative estimate of drug-likeness (QED) is 0.653. The average molecular weight is 318 g/mol. The Bertz CT molecular complexity index is 656. The molecule has 1 aliphatic carbocycles. The Morgan fingerprint density at radius 3 is 2.70 bits per heavy atom. The van der Waals surface area contributed by atoms with Gasteiger partial charge in [-0.05, 0) is 38.7 Å². The Morgan fingerprint density at radius 1 is 1.30 bits per heavy atom. The van der Waals surface area contributed by atoms with Crippen LogP contribution in [0.2, 0.25) is 0 Å². The van der Waals surface area contributed by atoms with Gasteiger partial charge in [-0.15, -0.1) is 0 Å². The minimum Gasteiger partial charge on any atom is -0.472 e. The highest BCUT2D eigenvalue weighted by Gasteiger charge is 2.37. The molecule has 0 saturated heterocycles. The fourth-order valence-corrected chi connectivity index (χ4v) is 2.95. The molecule has 1 unspecified atom stereocenters. The molecule has 1 aliphatic heterocycles. The lowest BCUT2D eigenvalue weighted by atomic mass is 9.96. The summed E-state index contributed by atoms with van der Waals surface area (Å²) >= 11 is 0. The van der Waals surface area contributed by atoms with E-state index in [1.807, 2.05) is 0 Å². The van der Waals surface area contributed by atoms with Gasteiger partial charge in [-0.25, -0.2) is 9.59 Å². The first-order chi connectivity index (χ1) is 11.1. The van der Waals surface area contributed by atoms with Gasteiger partial charge in [0, 0.05) is 5.70 Å². The molecule has 2 aliphatic rings. The molecule has 122 valence electrons. The number of hydrogen-bond acceptors (Lipinski definition) is 5. The summed E-state index contributed by atoms with van der Waals surface area (Å²) in [5, 5.41) is 5.01. The molecule has 0 spiro atoms. The van der Waals surface area contributed by atoms with Gasteiger partial charge in [-0.1, -0.05) is 0 Å². The zero-order valence-corrected chi connectivity index (χ0v) is 12.8. The van der Waals surface area contributed by atoms with Gasteiger partial charge in [0.05, 0.1) is 17.4 Å². The fourth-order valence-electron chi connectivity index (χ4n) is 2.95. The maximum atomic E-state index is 12.6. The second kappa shape index (κ2) is 6.28. The monoisotopic (exact) mass is 318 g/mol. The van der Waals surface area contributed by atoms with Crippen LogP contribution in [-0.2, 0) is 9.53 Å². The number of allylic oxidation sites excluding steroid dienone is 1. The second-order valence-electron chi connectivity index (χ2n) is 5.76. The van der Waals surface area contributed by atoms with Crippen molar-refractivity contribution in [1.82, 2.24) is 10.6 Å². The molecule has 7 nitrogen and oxygen atoms in total. The summed E-state index contributed by atoms with van der Waals surface area (Å²) in [5.41, 5.74) is 0.762. The van der Waals surface area contributed by atoms with Gasteiger partial charge in [-0.3, -0.25) is 4.79 Å². The molecule has 7 heteroatoms. The SMILES string of the molecule is CC1=C(C(=O)OC2CCCC2)C(C(=O)c2ccoc2)NC(=O)N1. The number of ether oxygens (including phenoxy) is 1. The normalized spacial score (nSPS) is 21.8. The van der Waals surface area contributed by atoms with E-state index >= 15 is 0 Å². The topological polar surface area (TPSA) is 97.6 Å². The number of esters is 1. The van der Waals surface area contributed by atoms with E-state index in [1.54, 1.807) is 6.92 Å². The van der Waals surface area contributed by atoms with E-state index in [-0.39, 0.29) is 17.2 Å². The molecular formula is C16H18N2O5. The molecule has 2 amide bonds. The second-order valence-corrected chi connectivity index (χ2v) is 5.76. The van der Waals surface area contributed by atoms with Crippen molar-refractivity contribution < 1.29 is 23.5 Å². The van der Waals surface area contributed by atoms with Crippen LogP contribution in [0.25, 0.3) is 0 Å². The highest BCUT2D eigenvalue weighted by atomic mass is 16.5. The van der Waals surface area contributed by atoms with Crippen molar-refractivity contribution in [2.24, 2.45) is 0 Å². The minimum absolute atomic E-state index is 0.120. The first kappa shape index (κ1) is 15.3. The lowest BCUT2D eigenvalue weighted by molar-refractivity contribution is -0.144. The van der Waals surface area contributed by atoms with Gasteiger partial charge in [0.1, 0.15) is 18.4 Å². The number of carbonyl (C=O) groups is 3. The smallest absolute Gasteiger partial charge is 0.338 e. The summed E-state index contributed by atoms with van der Waals surface area (Å²) in [5.74, 6) is -0.977. The molecule has 1 aromatic heterocycles. The summed E-state index contributed by atoms with van der Waals surface area (Å²) < 4.78 is 10.4. The maximum Gasteiger partial charge on any atom is 0.338 e. The molecule has 2 N–H and O–H groups in total. The molecule has 0 bridgehead atoms. The number of rotatable bonds is 4. The number of urea groups is 1. The molecule has 1 saturated carbocycles. The maximum absolute atomic E-state index is 12.6. The van der Waals surface area contributed by atoms with E-state index in [2.05, 4.69) is 10.6 Å². The molecular weight excluding hydrogens is 300 g/mol. The minimum atomic E-state index is -1.07. The lowest BCUT2D eigenvalue weighted by Gasteiger charge is -2.27. The highest BCUT2D eigenvalue weighted by molar-refractivity contribution is 6.10. The van der Waals surface area contributed by atoms with Crippen LogP contribution >= 0.6 is 0 Å². The van der Waals surface area contributed by atoms with Gasteiger partial charge in [0.2, 0.25) is 0 Å². The van der Waals surface area contributed by atoms with Crippen LogP contribution in [0.15, 0.2) is 34.3 Å². The Labute approximate surface area is 133 Å². The number of furan rings is 1. The van der Waals surface area contributed by atoms with Gasteiger partial charge in [-0.2, -0.15) is 0 Å². The van der Waals surface area contributed by atoms with Crippen LogP contribution in [0, 0.1) is 0 Å². The van der Waals surface area contributed by atoms with Crippen LogP contribution in [0.3, 0.4) is 0 Å². The molecule has 2 heterocycles. The van der Waals surface area contributed by atoms with Crippen molar-refractivity contribution >= 4 is 17.8 Å². The summed E-state index contributed by atoms with van der Waals surface area (Å²) in [4.78, 5) is 36.8. The largest absolute Gasteiger partial charge is 0.472 e. The van der Waals surface area contributed by atoms with Crippen LogP contribution in [0.1, 0.15) is 43.0 Å². The lowest BCUT2D eigenvalue weighted by Crippen LogP contribution is -2.53. The number of carbonyl (C=O) groups excluding carboxylic acids is 3. The molecule has 23 heavy (non-hydrogen) atoms. The predicted octanol–water partition coefficient (Wildman–Crippen LogP) is 1.90. The average Bonchev–Trinajstić information content (AvgIpc) is 3.18. The highest BCUT2D eigenvalue weighted by Crippen LogP contribution is 2.24. The third kappa shape index (κ3) is 3.13. The standard InChI is InChI=1S/C16H18N2O5/c1-9-12(15(20)23-11-4-2-3-5-11)13(18-16(21)17-9)14(19)10-6-7-22-8-10/h6-8,11,13H,2-5H2,1H3,(H2,17,18,21). The summed E-state index contributed by atoms with van der Waals surface area (Å²) in [6.45, 7) is 1.58. The molecule has 0 aromatic carbocycles. The first-order valence-electron chi connectivity index (χ1n) is 7.62. The first-order valence-corrected chi connectivity index (χ1v) is 7.62. The molecule has 1 atom stereocenters. The van der Waals surface area contributed by atoms with Crippen LogP contribution in [0.4, 0.5) is 4.79 Å². The Hall–Kier alpha value is -2.57. The number of nitrogens with one attached hydrogen (secondary N) is 2. The number of hydrogen-bond donors (Lipinski definition) is 2. The van der Waals surface area contributed by atoms with Crippen molar-refractivity contribution in [3.63, 3.8) is 0 Å². The van der Waals surface area contributed by atoms with E-state index in [1.165, 1.54) is 18.6 Å². The van der Waals surface area contributed by atoms with Crippen molar-refractivity contribution in [2.75, 3.05) is 0 Å². The van der Waals surface area contributed by atoms with Crippen molar-refractivity contribution in [3.05, 3.63) is 35.4 Å². The van der Waals surface area contributed by atoms with Crippen LogP contribution in [-0.4, -0.2) is 29.9 Å². The molecule has 3 rings (SSSR count). The predicted molar refractivity (Wildman–Crippen MR) is 79.5 cm³/mol. The molecule has 1 aromatic rings. The Balaban J connectivity index is 1.86. The Kier molecular flexibility index (Phi) is 4.18. The number of ketones is 1. The molecule has 0 radical (unpaired) electrons. The summed E-state index contributed by atoms with van der Waals surface area (Å²) in [6, 6.07) is -0.108. The van der Waals surface area contributed by atoms with Crippen LogP contribution in [0.5, 0.6) is 0 Å². The van der Waals surface area contributed by atoms with Gasteiger partial charge in [0.15, 0.2) is 5.78 Å². The summed E-state index contributed by atoms with van der Waals surface area (Å²) in [6.07, 6.45) is 6.25.